The third kappa shape index (κ3) is 16.2. The number of thioether (sulfide) groups is 2. The van der Waals surface area contributed by atoms with Crippen LogP contribution in [0.1, 0.15) is 87.7 Å². The molecular weight excluding hydrogens is 1120 g/mol. The van der Waals surface area contributed by atoms with Crippen molar-refractivity contribution in [3.05, 3.63) is 119 Å². The number of ether oxygens (including phenoxy) is 2. The van der Waals surface area contributed by atoms with Crippen LogP contribution in [0.25, 0.3) is 21.8 Å². The SMILES string of the molecule is COc1ccc2ncc(N(C)C)c([C@H](F)CCC3(CC(=O)O)CCN(CCSc4c(F)cc(F)cc4F)CC3)c2c1.COc1ccc2ncc(N(C)C)c([C@H](F)CCC3(CC(=O)O)CCN(CCSc4cc(F)c(F)c(F)c4)CC3)c2c1. The zero-order chi connectivity index (χ0) is 59.5. The van der Waals surface area contributed by atoms with Crippen LogP contribution in [0.2, 0.25) is 0 Å². The van der Waals surface area contributed by atoms with Crippen molar-refractivity contribution in [2.45, 2.75) is 86.3 Å². The summed E-state index contributed by atoms with van der Waals surface area (Å²) in [6.07, 6.45) is 4.03. The van der Waals surface area contributed by atoms with Crippen LogP contribution in [-0.4, -0.2) is 135 Å². The summed E-state index contributed by atoms with van der Waals surface area (Å²) in [7, 11) is 10.4. The van der Waals surface area contributed by atoms with E-state index in [-0.39, 0.29) is 30.6 Å². The highest BCUT2D eigenvalue weighted by Gasteiger charge is 2.39. The van der Waals surface area contributed by atoms with Crippen LogP contribution < -0.4 is 19.3 Å². The van der Waals surface area contributed by atoms with Crippen molar-refractivity contribution in [3.63, 3.8) is 0 Å². The van der Waals surface area contributed by atoms with Crippen LogP contribution in [0.4, 0.5) is 46.5 Å². The Morgan fingerprint density at radius 3 is 1.39 bits per heavy atom. The molecule has 2 atom stereocenters. The molecule has 0 spiro atoms. The van der Waals surface area contributed by atoms with Gasteiger partial charge in [0.05, 0.1) is 66.8 Å². The summed E-state index contributed by atoms with van der Waals surface area (Å²) in [6.45, 7) is 3.61. The van der Waals surface area contributed by atoms with Crippen LogP contribution in [0.5, 0.6) is 11.5 Å². The summed E-state index contributed by atoms with van der Waals surface area (Å²) in [5, 5.41) is 20.7. The number of likely N-dealkylation sites (tertiary alicyclic amines) is 2. The number of piperidine rings is 2. The number of anilines is 2. The fourth-order valence-corrected chi connectivity index (χ4v) is 13.1. The molecule has 2 aromatic heterocycles. The van der Waals surface area contributed by atoms with Gasteiger partial charge in [-0.2, -0.15) is 0 Å². The summed E-state index contributed by atoms with van der Waals surface area (Å²) in [5.41, 5.74) is 2.57. The number of aliphatic carboxylic acids is 2. The van der Waals surface area contributed by atoms with Gasteiger partial charge in [-0.1, -0.05) is 0 Å². The highest BCUT2D eigenvalue weighted by molar-refractivity contribution is 7.99. The van der Waals surface area contributed by atoms with Gasteiger partial charge in [-0.25, -0.2) is 35.1 Å². The average Bonchev–Trinajstić information content (AvgIpc) is 3.49. The zero-order valence-corrected chi connectivity index (χ0v) is 48.5. The summed E-state index contributed by atoms with van der Waals surface area (Å²) in [6, 6.07) is 14.0. The number of pyridine rings is 2. The normalized spacial score (nSPS) is 16.1. The van der Waals surface area contributed by atoms with Gasteiger partial charge in [0.1, 0.15) is 41.3 Å². The number of rotatable bonds is 24. The number of fused-ring (bicyclic) bond motifs is 2. The van der Waals surface area contributed by atoms with Gasteiger partial charge in [0.2, 0.25) is 0 Å². The molecule has 12 nitrogen and oxygen atoms in total. The Labute approximate surface area is 481 Å². The van der Waals surface area contributed by atoms with Crippen molar-refractivity contribution in [1.82, 2.24) is 19.8 Å². The highest BCUT2D eigenvalue weighted by atomic mass is 32.2. The third-order valence-corrected chi connectivity index (χ3v) is 17.8. The molecule has 0 amide bonds. The molecule has 2 N–H and O–H groups in total. The Balaban J connectivity index is 0.000000236. The minimum atomic E-state index is -1.48. The Bertz CT molecular complexity index is 3140. The van der Waals surface area contributed by atoms with Crippen LogP contribution in [0.3, 0.4) is 0 Å². The van der Waals surface area contributed by atoms with Crippen molar-refractivity contribution in [2.75, 3.05) is 103 Å². The van der Waals surface area contributed by atoms with E-state index in [4.69, 9.17) is 9.47 Å². The van der Waals surface area contributed by atoms with E-state index in [1.807, 2.05) is 38.0 Å². The third-order valence-electron chi connectivity index (χ3n) is 15.8. The van der Waals surface area contributed by atoms with Crippen LogP contribution in [0, 0.1) is 45.7 Å². The molecule has 22 heteroatoms. The van der Waals surface area contributed by atoms with Crippen molar-refractivity contribution >= 4 is 68.6 Å². The van der Waals surface area contributed by atoms with E-state index in [1.54, 1.807) is 63.0 Å². The largest absolute Gasteiger partial charge is 0.497 e. The second kappa shape index (κ2) is 28.5. The predicted octanol–water partition coefficient (Wildman–Crippen LogP) is 13.7. The number of halogens is 8. The first-order chi connectivity index (χ1) is 39.0. The lowest BCUT2D eigenvalue weighted by Gasteiger charge is -2.41. The van der Waals surface area contributed by atoms with Crippen molar-refractivity contribution in [2.24, 2.45) is 10.8 Å². The van der Waals surface area contributed by atoms with Crippen molar-refractivity contribution in [1.29, 1.82) is 0 Å². The maximum absolute atomic E-state index is 16.1. The van der Waals surface area contributed by atoms with E-state index in [1.165, 1.54) is 11.8 Å². The Morgan fingerprint density at radius 2 is 1.01 bits per heavy atom. The zero-order valence-electron chi connectivity index (χ0n) is 46.9. The first-order valence-corrected chi connectivity index (χ1v) is 29.0. The molecule has 82 heavy (non-hydrogen) atoms. The molecule has 0 saturated carbocycles. The second-order valence-corrected chi connectivity index (χ2v) is 23.9. The number of carboxylic acids is 2. The maximum atomic E-state index is 16.1. The first kappa shape index (κ1) is 63.5. The molecule has 2 aliphatic heterocycles. The van der Waals surface area contributed by atoms with Gasteiger partial charge in [0, 0.05) is 91.7 Å². The Kier molecular flexibility index (Phi) is 22.0. The summed E-state index contributed by atoms with van der Waals surface area (Å²) < 4.78 is 124. The lowest BCUT2D eigenvalue weighted by Crippen LogP contribution is -2.42. The summed E-state index contributed by atoms with van der Waals surface area (Å²) in [4.78, 5) is 40.7. The second-order valence-electron chi connectivity index (χ2n) is 21.6. The minimum absolute atomic E-state index is 0.0398. The van der Waals surface area contributed by atoms with Crippen LogP contribution in [-0.2, 0) is 9.59 Å². The number of hydrogen-bond acceptors (Lipinski definition) is 12. The maximum Gasteiger partial charge on any atom is 0.303 e. The number of carbonyl (C=O) groups is 2. The van der Waals surface area contributed by atoms with Gasteiger partial charge < -0.3 is 39.3 Å². The topological polar surface area (TPSA) is 132 Å². The first-order valence-electron chi connectivity index (χ1n) is 27.0. The Hall–Kier alpha value is -6.10. The van der Waals surface area contributed by atoms with Gasteiger partial charge in [-0.05, 0) is 137 Å². The van der Waals surface area contributed by atoms with E-state index >= 15 is 8.78 Å². The number of methoxy groups -OCH3 is 2. The molecule has 2 aliphatic rings. The number of nitrogens with zero attached hydrogens (tertiary/aromatic N) is 6. The molecule has 0 radical (unpaired) electrons. The highest BCUT2D eigenvalue weighted by Crippen LogP contribution is 2.47. The van der Waals surface area contributed by atoms with E-state index < -0.39 is 70.0 Å². The van der Waals surface area contributed by atoms with Crippen LogP contribution >= 0.6 is 23.5 Å². The average molecular weight is 1190 g/mol. The van der Waals surface area contributed by atoms with Gasteiger partial charge in [0.15, 0.2) is 17.5 Å². The van der Waals surface area contributed by atoms with Gasteiger partial charge in [-0.15, -0.1) is 23.5 Å². The molecule has 0 aliphatic carbocycles. The number of carboxylic acid groups (broad SMARTS) is 2. The molecule has 4 heterocycles. The standard InChI is InChI=1S/2C30H35F4N3O3S/c1-36(2)26-18-35-25-5-4-20(40-3)16-21(25)28(26)22(32)6-7-30(17-27(38)39)8-10-37(11-9-30)12-13-41-29-23(33)14-19(31)15-24(29)34;1-36(2)26-18-35-25-5-4-19(40-3)14-21(25)28(26)22(31)6-7-30(17-27(38)39)8-10-37(11-9-30)12-13-41-20-15-23(32)29(34)24(33)16-20/h2*4-5,14-16,18,22H,6-13,17H2,1-3H3,(H,38,39)/t2*22-/m11/s1. The Morgan fingerprint density at radius 1 is 0.610 bits per heavy atom. The number of aromatic nitrogens is 2. The number of hydrogen-bond donors (Lipinski definition) is 2. The quantitative estimate of drug-likeness (QED) is 0.0338. The molecular formula is C60H70F8N6O6S2. The predicted molar refractivity (Wildman–Crippen MR) is 306 cm³/mol. The van der Waals surface area contributed by atoms with E-state index in [0.29, 0.717) is 162 Å². The molecule has 0 unspecified atom stereocenters. The van der Waals surface area contributed by atoms with E-state index in [0.717, 1.165) is 23.9 Å². The van der Waals surface area contributed by atoms with Crippen molar-refractivity contribution in [3.8, 4) is 11.5 Å². The fourth-order valence-electron chi connectivity index (χ4n) is 11.2. The van der Waals surface area contributed by atoms with Gasteiger partial charge in [-0.3, -0.25) is 19.6 Å². The molecule has 8 rings (SSSR count). The molecule has 6 aromatic rings. The molecule has 2 saturated heterocycles. The van der Waals surface area contributed by atoms with E-state index in [9.17, 15) is 46.1 Å². The van der Waals surface area contributed by atoms with E-state index in [2.05, 4.69) is 19.8 Å². The van der Waals surface area contributed by atoms with Gasteiger partial charge in [0.25, 0.3) is 0 Å². The minimum Gasteiger partial charge on any atom is -0.497 e. The fraction of sp³-hybridized carbons (Fsp3) is 0.467. The lowest BCUT2D eigenvalue weighted by molar-refractivity contribution is -0.142. The molecule has 444 valence electrons. The summed E-state index contributed by atoms with van der Waals surface area (Å²) >= 11 is 2.22. The molecule has 4 aromatic carbocycles. The summed E-state index contributed by atoms with van der Waals surface area (Å²) in [5.74, 6) is -6.41. The lowest BCUT2D eigenvalue weighted by atomic mass is 9.71. The monoisotopic (exact) mass is 1190 g/mol. The molecule has 2 fully saturated rings. The van der Waals surface area contributed by atoms with Crippen molar-refractivity contribution < 1.29 is 64.4 Å². The van der Waals surface area contributed by atoms with Crippen LogP contribution in [0.15, 0.2) is 82.8 Å². The number of benzene rings is 4. The smallest absolute Gasteiger partial charge is 0.303 e. The van der Waals surface area contributed by atoms with Gasteiger partial charge >= 0.3 is 11.9 Å². The number of alkyl halides is 2. The molecule has 0 bridgehead atoms.